The Hall–Kier alpha value is -3.20. The molecule has 1 aromatic heterocycles. The van der Waals surface area contributed by atoms with Crippen LogP contribution in [0, 0.1) is 5.82 Å². The molecule has 0 aliphatic carbocycles. The molecule has 29 heavy (non-hydrogen) atoms. The molecule has 0 aliphatic heterocycles. The lowest BCUT2D eigenvalue weighted by Gasteiger charge is -2.23. The molecule has 0 spiro atoms. The highest BCUT2D eigenvalue weighted by molar-refractivity contribution is 6.05. The van der Waals surface area contributed by atoms with Crippen molar-refractivity contribution in [2.75, 3.05) is 30.9 Å². The summed E-state index contributed by atoms with van der Waals surface area (Å²) in [5.74, 6) is -1.07. The van der Waals surface area contributed by atoms with Crippen LogP contribution in [0.3, 0.4) is 0 Å². The number of amides is 1. The Morgan fingerprint density at radius 1 is 1.38 bits per heavy atom. The Morgan fingerprint density at radius 2 is 2.14 bits per heavy atom. The summed E-state index contributed by atoms with van der Waals surface area (Å²) in [6.07, 6.45) is 4.15. The maximum absolute atomic E-state index is 13.3. The van der Waals surface area contributed by atoms with E-state index >= 15 is 0 Å². The van der Waals surface area contributed by atoms with Gasteiger partial charge in [0.05, 0.1) is 6.61 Å². The maximum Gasteiger partial charge on any atom is 0.330 e. The standard InChI is InChI=1S/C20H25FN4O4/c1-3-4-10-25-18(22)17(19(27)23-20(25)28)24(11-12-29-2)16(26)9-8-14-6-5-7-15(21)13-14/h5-9,13H,3-4,10-12,22H2,1-2H3,(H,23,27,28)/b9-8+. The van der Waals surface area contributed by atoms with E-state index < -0.39 is 23.0 Å². The average molecular weight is 404 g/mol. The number of nitrogens with zero attached hydrogens (tertiary/aromatic N) is 2. The quantitative estimate of drug-likeness (QED) is 0.619. The summed E-state index contributed by atoms with van der Waals surface area (Å²) in [6, 6.07) is 5.73. The van der Waals surface area contributed by atoms with Crippen LogP contribution in [-0.4, -0.2) is 35.7 Å². The summed E-state index contributed by atoms with van der Waals surface area (Å²) < 4.78 is 19.6. The molecular formula is C20H25FN4O4. The Labute approximate surface area is 167 Å². The fourth-order valence-electron chi connectivity index (χ4n) is 2.76. The predicted octanol–water partition coefficient (Wildman–Crippen LogP) is 1.75. The molecule has 0 saturated heterocycles. The van der Waals surface area contributed by atoms with Crippen molar-refractivity contribution in [3.8, 4) is 0 Å². The summed E-state index contributed by atoms with van der Waals surface area (Å²) in [4.78, 5) is 40.8. The highest BCUT2D eigenvalue weighted by atomic mass is 19.1. The number of hydrogen-bond acceptors (Lipinski definition) is 5. The number of aromatic amines is 1. The van der Waals surface area contributed by atoms with E-state index in [-0.39, 0.29) is 24.7 Å². The van der Waals surface area contributed by atoms with Gasteiger partial charge in [0.25, 0.3) is 11.5 Å². The Balaban J connectivity index is 2.45. The van der Waals surface area contributed by atoms with Crippen molar-refractivity contribution in [2.45, 2.75) is 26.3 Å². The molecule has 0 fully saturated rings. The van der Waals surface area contributed by atoms with Gasteiger partial charge in [0.1, 0.15) is 11.6 Å². The van der Waals surface area contributed by atoms with Gasteiger partial charge in [0.2, 0.25) is 0 Å². The first-order valence-electron chi connectivity index (χ1n) is 9.25. The van der Waals surface area contributed by atoms with Crippen LogP contribution in [-0.2, 0) is 16.1 Å². The van der Waals surface area contributed by atoms with Gasteiger partial charge in [-0.05, 0) is 30.2 Å². The van der Waals surface area contributed by atoms with Crippen molar-refractivity contribution in [1.29, 1.82) is 0 Å². The summed E-state index contributed by atoms with van der Waals surface area (Å²) in [5, 5.41) is 0. The van der Waals surface area contributed by atoms with Gasteiger partial charge in [0, 0.05) is 26.3 Å². The number of benzene rings is 1. The van der Waals surface area contributed by atoms with Gasteiger partial charge in [-0.3, -0.25) is 24.0 Å². The maximum atomic E-state index is 13.3. The van der Waals surface area contributed by atoms with Crippen molar-refractivity contribution in [3.63, 3.8) is 0 Å². The molecule has 9 heteroatoms. The number of methoxy groups -OCH3 is 1. The lowest BCUT2D eigenvalue weighted by molar-refractivity contribution is -0.114. The zero-order valence-electron chi connectivity index (χ0n) is 16.5. The summed E-state index contributed by atoms with van der Waals surface area (Å²) in [5.41, 5.74) is 5.08. The van der Waals surface area contributed by atoms with Crippen LogP contribution in [0.4, 0.5) is 15.9 Å². The average Bonchev–Trinajstić information content (AvgIpc) is 2.68. The van der Waals surface area contributed by atoms with Gasteiger partial charge in [-0.15, -0.1) is 0 Å². The molecule has 0 unspecified atom stereocenters. The molecule has 156 valence electrons. The first-order valence-corrected chi connectivity index (χ1v) is 9.25. The molecule has 0 atom stereocenters. The second-order valence-electron chi connectivity index (χ2n) is 6.37. The lowest BCUT2D eigenvalue weighted by Crippen LogP contribution is -2.42. The minimum Gasteiger partial charge on any atom is -0.383 e. The van der Waals surface area contributed by atoms with Gasteiger partial charge in [-0.1, -0.05) is 25.5 Å². The van der Waals surface area contributed by atoms with E-state index in [0.717, 1.165) is 11.3 Å². The van der Waals surface area contributed by atoms with Crippen molar-refractivity contribution < 1.29 is 13.9 Å². The van der Waals surface area contributed by atoms with Crippen LogP contribution in [0.1, 0.15) is 25.3 Å². The van der Waals surface area contributed by atoms with Crippen LogP contribution < -0.4 is 21.9 Å². The number of carbonyl (C=O) groups excluding carboxylic acids is 1. The van der Waals surface area contributed by atoms with E-state index in [4.69, 9.17) is 10.5 Å². The van der Waals surface area contributed by atoms with E-state index in [1.165, 1.54) is 42.0 Å². The van der Waals surface area contributed by atoms with Crippen LogP contribution in [0.15, 0.2) is 39.9 Å². The SMILES string of the molecule is CCCCn1c(N)c(N(CCOC)C(=O)/C=C/c2cccc(F)c2)c(=O)[nH]c1=O. The minimum absolute atomic E-state index is 0.0437. The fourth-order valence-corrected chi connectivity index (χ4v) is 2.76. The highest BCUT2D eigenvalue weighted by Crippen LogP contribution is 2.18. The molecule has 2 rings (SSSR count). The fraction of sp³-hybridized carbons (Fsp3) is 0.350. The molecule has 0 bridgehead atoms. The number of ether oxygens (including phenoxy) is 1. The molecule has 2 aromatic rings. The minimum atomic E-state index is -0.760. The zero-order chi connectivity index (χ0) is 21.4. The molecule has 0 saturated carbocycles. The first-order chi connectivity index (χ1) is 13.9. The van der Waals surface area contributed by atoms with Crippen molar-refractivity contribution >= 4 is 23.5 Å². The van der Waals surface area contributed by atoms with Gasteiger partial charge in [-0.25, -0.2) is 9.18 Å². The molecule has 3 N–H and O–H groups in total. The largest absolute Gasteiger partial charge is 0.383 e. The number of aromatic nitrogens is 2. The van der Waals surface area contributed by atoms with Gasteiger partial charge < -0.3 is 10.5 Å². The molecule has 0 aliphatic rings. The topological polar surface area (TPSA) is 110 Å². The number of nitrogens with two attached hydrogens (primary N) is 1. The van der Waals surface area contributed by atoms with Crippen LogP contribution >= 0.6 is 0 Å². The number of carbonyl (C=O) groups is 1. The van der Waals surface area contributed by atoms with Crippen LogP contribution in [0.2, 0.25) is 0 Å². The Kier molecular flexibility index (Phi) is 7.90. The van der Waals surface area contributed by atoms with Crippen molar-refractivity contribution in [1.82, 2.24) is 9.55 Å². The zero-order valence-corrected chi connectivity index (χ0v) is 16.5. The summed E-state index contributed by atoms with van der Waals surface area (Å²) in [6.45, 7) is 2.46. The number of unbranched alkanes of at least 4 members (excludes halogenated alkanes) is 1. The van der Waals surface area contributed by atoms with Gasteiger partial charge >= 0.3 is 5.69 Å². The first kappa shape index (κ1) is 22.1. The second-order valence-corrected chi connectivity index (χ2v) is 6.37. The van der Waals surface area contributed by atoms with E-state index in [1.54, 1.807) is 6.07 Å². The molecule has 1 aromatic carbocycles. The number of halogens is 1. The highest BCUT2D eigenvalue weighted by Gasteiger charge is 2.22. The van der Waals surface area contributed by atoms with Crippen LogP contribution in [0.5, 0.6) is 0 Å². The number of anilines is 2. The van der Waals surface area contributed by atoms with Crippen molar-refractivity contribution in [3.05, 3.63) is 62.6 Å². The Bertz CT molecular complexity index is 997. The monoisotopic (exact) mass is 404 g/mol. The smallest absolute Gasteiger partial charge is 0.330 e. The molecular weight excluding hydrogens is 379 g/mol. The normalized spacial score (nSPS) is 11.1. The summed E-state index contributed by atoms with van der Waals surface area (Å²) in [7, 11) is 1.46. The third-order valence-corrected chi connectivity index (χ3v) is 4.27. The van der Waals surface area contributed by atoms with E-state index in [9.17, 15) is 18.8 Å². The van der Waals surface area contributed by atoms with E-state index in [1.807, 2.05) is 6.92 Å². The van der Waals surface area contributed by atoms with Crippen molar-refractivity contribution in [2.24, 2.45) is 0 Å². The van der Waals surface area contributed by atoms with Gasteiger partial charge in [-0.2, -0.15) is 0 Å². The van der Waals surface area contributed by atoms with E-state index in [0.29, 0.717) is 18.5 Å². The van der Waals surface area contributed by atoms with Crippen LogP contribution in [0.25, 0.3) is 6.08 Å². The third-order valence-electron chi connectivity index (χ3n) is 4.27. The number of nitrogen functional groups attached to an aromatic ring is 1. The number of nitrogens with one attached hydrogen (secondary N) is 1. The second kappa shape index (κ2) is 10.4. The molecule has 0 radical (unpaired) electrons. The number of hydrogen-bond donors (Lipinski definition) is 2. The summed E-state index contributed by atoms with van der Waals surface area (Å²) >= 11 is 0. The third kappa shape index (κ3) is 5.64. The van der Waals surface area contributed by atoms with E-state index in [2.05, 4.69) is 4.98 Å². The predicted molar refractivity (Wildman–Crippen MR) is 110 cm³/mol. The van der Waals surface area contributed by atoms with Gasteiger partial charge in [0.15, 0.2) is 5.69 Å². The Morgan fingerprint density at radius 3 is 2.79 bits per heavy atom. The molecule has 8 nitrogen and oxygen atoms in total. The molecule has 1 heterocycles. The number of rotatable bonds is 9. The molecule has 1 amide bonds. The lowest BCUT2D eigenvalue weighted by atomic mass is 10.2. The number of H-pyrrole nitrogens is 1.